The van der Waals surface area contributed by atoms with Crippen LogP contribution >= 0.6 is 11.6 Å². The molecule has 1 aliphatic heterocycles. The molecule has 1 aliphatic rings. The summed E-state index contributed by atoms with van der Waals surface area (Å²) in [5, 5.41) is 5.53. The summed E-state index contributed by atoms with van der Waals surface area (Å²) in [6, 6.07) is 6.08. The lowest BCUT2D eigenvalue weighted by Crippen LogP contribution is -2.18. The van der Waals surface area contributed by atoms with E-state index in [1.165, 1.54) is 22.2 Å². The van der Waals surface area contributed by atoms with E-state index < -0.39 is 0 Å². The van der Waals surface area contributed by atoms with E-state index in [0.29, 0.717) is 5.92 Å². The van der Waals surface area contributed by atoms with E-state index in [1.54, 1.807) is 0 Å². The lowest BCUT2D eigenvalue weighted by Gasteiger charge is -2.07. The molecule has 2 aromatic rings. The molecular weight excluding hydrogens is 220 g/mol. The number of aromatic nitrogens is 1. The van der Waals surface area contributed by atoms with E-state index in [0.717, 1.165) is 24.5 Å². The van der Waals surface area contributed by atoms with Gasteiger partial charge in [0.05, 0.1) is 5.02 Å². The Kier molecular flexibility index (Phi) is 2.41. The van der Waals surface area contributed by atoms with E-state index in [-0.39, 0.29) is 0 Å². The molecule has 1 aromatic carbocycles. The average Bonchev–Trinajstić information content (AvgIpc) is 2.56. The first-order valence-corrected chi connectivity index (χ1v) is 6.15. The van der Waals surface area contributed by atoms with E-state index in [4.69, 9.17) is 11.6 Å². The summed E-state index contributed by atoms with van der Waals surface area (Å²) in [6.45, 7) is 4.33. The maximum atomic E-state index is 6.30. The Balaban J connectivity index is 2.31. The quantitative estimate of drug-likeness (QED) is 0.721. The lowest BCUT2D eigenvalue weighted by molar-refractivity contribution is 0.637. The lowest BCUT2D eigenvalue weighted by atomic mass is 10.0. The highest BCUT2D eigenvalue weighted by molar-refractivity contribution is 6.35. The summed E-state index contributed by atoms with van der Waals surface area (Å²) in [5.74, 6) is 0.529. The van der Waals surface area contributed by atoms with Crippen LogP contribution in [-0.4, -0.2) is 18.1 Å². The summed E-state index contributed by atoms with van der Waals surface area (Å²) in [4.78, 5) is 3.52. The van der Waals surface area contributed by atoms with E-state index in [2.05, 4.69) is 23.3 Å². The van der Waals surface area contributed by atoms with Gasteiger partial charge in [0.15, 0.2) is 0 Å². The number of H-pyrrole nitrogens is 1. The third-order valence-electron chi connectivity index (χ3n) is 3.40. The molecule has 16 heavy (non-hydrogen) atoms. The van der Waals surface area contributed by atoms with Gasteiger partial charge in [-0.2, -0.15) is 0 Å². The van der Waals surface area contributed by atoms with Crippen molar-refractivity contribution in [3.05, 3.63) is 34.5 Å². The fourth-order valence-corrected chi connectivity index (χ4v) is 2.89. The topological polar surface area (TPSA) is 27.8 Å². The summed E-state index contributed by atoms with van der Waals surface area (Å²) in [7, 11) is 0. The highest BCUT2D eigenvalue weighted by Crippen LogP contribution is 2.33. The Morgan fingerprint density at radius 3 is 3.12 bits per heavy atom. The SMILES string of the molecule is C[C@H]1CNCCc2c1[nH]c1cccc(Cl)c21. The summed E-state index contributed by atoms with van der Waals surface area (Å²) >= 11 is 6.30. The molecule has 0 amide bonds. The number of rotatable bonds is 0. The minimum Gasteiger partial charge on any atom is -0.358 e. The highest BCUT2D eigenvalue weighted by Gasteiger charge is 2.20. The number of benzene rings is 1. The van der Waals surface area contributed by atoms with Crippen molar-refractivity contribution >= 4 is 22.5 Å². The van der Waals surface area contributed by atoms with Crippen LogP contribution in [0.5, 0.6) is 0 Å². The molecule has 0 saturated heterocycles. The van der Waals surface area contributed by atoms with Crippen LogP contribution < -0.4 is 5.32 Å². The first-order valence-electron chi connectivity index (χ1n) is 5.77. The van der Waals surface area contributed by atoms with Crippen LogP contribution in [0, 0.1) is 0 Å². The second-order valence-electron chi connectivity index (χ2n) is 4.53. The number of nitrogens with one attached hydrogen (secondary N) is 2. The predicted molar refractivity (Wildman–Crippen MR) is 68.3 cm³/mol. The molecule has 3 heteroatoms. The van der Waals surface area contributed by atoms with Crippen LogP contribution in [0.25, 0.3) is 10.9 Å². The maximum absolute atomic E-state index is 6.30. The number of fused-ring (bicyclic) bond motifs is 3. The number of halogens is 1. The average molecular weight is 235 g/mol. The van der Waals surface area contributed by atoms with Gasteiger partial charge in [-0.25, -0.2) is 0 Å². The van der Waals surface area contributed by atoms with E-state index in [9.17, 15) is 0 Å². The minimum atomic E-state index is 0.529. The summed E-state index contributed by atoms with van der Waals surface area (Å²) in [5.41, 5.74) is 3.93. The molecule has 2 nitrogen and oxygen atoms in total. The molecular formula is C13H15ClN2. The van der Waals surface area contributed by atoms with Crippen LogP contribution in [0.2, 0.25) is 5.02 Å². The zero-order chi connectivity index (χ0) is 11.1. The van der Waals surface area contributed by atoms with Crippen LogP contribution in [0.15, 0.2) is 18.2 Å². The molecule has 0 fully saturated rings. The second-order valence-corrected chi connectivity index (χ2v) is 4.94. The van der Waals surface area contributed by atoms with Gasteiger partial charge in [-0.3, -0.25) is 0 Å². The predicted octanol–water partition coefficient (Wildman–Crippen LogP) is 3.07. The molecule has 1 aromatic heterocycles. The highest BCUT2D eigenvalue weighted by atomic mass is 35.5. The summed E-state index contributed by atoms with van der Waals surface area (Å²) in [6.07, 6.45) is 1.06. The third kappa shape index (κ3) is 1.45. The normalized spacial score (nSPS) is 20.8. The van der Waals surface area contributed by atoms with E-state index >= 15 is 0 Å². The molecule has 0 spiro atoms. The van der Waals surface area contributed by atoms with Gasteiger partial charge in [0, 0.05) is 29.1 Å². The number of hydrogen-bond acceptors (Lipinski definition) is 1. The zero-order valence-corrected chi connectivity index (χ0v) is 10.1. The fourth-order valence-electron chi connectivity index (χ4n) is 2.60. The molecule has 2 heterocycles. The Bertz CT molecular complexity index is 530. The van der Waals surface area contributed by atoms with Crippen LogP contribution in [-0.2, 0) is 6.42 Å². The zero-order valence-electron chi connectivity index (χ0n) is 9.31. The molecule has 0 unspecified atom stereocenters. The molecule has 0 aliphatic carbocycles. The van der Waals surface area contributed by atoms with Gasteiger partial charge in [0.25, 0.3) is 0 Å². The Morgan fingerprint density at radius 2 is 2.25 bits per heavy atom. The first kappa shape index (κ1) is 10.2. The Morgan fingerprint density at radius 1 is 1.38 bits per heavy atom. The maximum Gasteiger partial charge on any atom is 0.0502 e. The van der Waals surface area contributed by atoms with Gasteiger partial charge in [-0.1, -0.05) is 24.6 Å². The van der Waals surface area contributed by atoms with Crippen molar-refractivity contribution in [3.63, 3.8) is 0 Å². The van der Waals surface area contributed by atoms with Gasteiger partial charge < -0.3 is 10.3 Å². The number of hydrogen-bond donors (Lipinski definition) is 2. The largest absolute Gasteiger partial charge is 0.358 e. The van der Waals surface area contributed by atoms with Gasteiger partial charge in [0.1, 0.15) is 0 Å². The van der Waals surface area contributed by atoms with Crippen molar-refractivity contribution in [2.45, 2.75) is 19.3 Å². The second kappa shape index (κ2) is 3.79. The standard InChI is InChI=1S/C13H15ClN2/c1-8-7-15-6-5-9-12-10(14)3-2-4-11(12)16-13(8)9/h2-4,8,15-16H,5-7H2,1H3/t8-/m0/s1. The van der Waals surface area contributed by atoms with Crippen molar-refractivity contribution in [1.29, 1.82) is 0 Å². The van der Waals surface area contributed by atoms with Crippen LogP contribution in [0.4, 0.5) is 0 Å². The van der Waals surface area contributed by atoms with E-state index in [1.807, 2.05) is 12.1 Å². The van der Waals surface area contributed by atoms with Crippen molar-refractivity contribution in [3.8, 4) is 0 Å². The van der Waals surface area contributed by atoms with Crippen molar-refractivity contribution in [2.24, 2.45) is 0 Å². The van der Waals surface area contributed by atoms with Gasteiger partial charge in [0.2, 0.25) is 0 Å². The van der Waals surface area contributed by atoms with Crippen molar-refractivity contribution in [1.82, 2.24) is 10.3 Å². The Labute approximate surface area is 100.0 Å². The molecule has 0 bridgehead atoms. The van der Waals surface area contributed by atoms with Crippen molar-refractivity contribution < 1.29 is 0 Å². The summed E-state index contributed by atoms with van der Waals surface area (Å²) < 4.78 is 0. The molecule has 0 radical (unpaired) electrons. The minimum absolute atomic E-state index is 0.529. The van der Waals surface area contributed by atoms with Gasteiger partial charge in [-0.05, 0) is 30.7 Å². The third-order valence-corrected chi connectivity index (χ3v) is 3.72. The molecule has 84 valence electrons. The molecule has 0 saturated carbocycles. The monoisotopic (exact) mass is 234 g/mol. The van der Waals surface area contributed by atoms with Crippen molar-refractivity contribution in [2.75, 3.05) is 13.1 Å². The fraction of sp³-hybridized carbons (Fsp3) is 0.385. The van der Waals surface area contributed by atoms with Gasteiger partial charge >= 0.3 is 0 Å². The van der Waals surface area contributed by atoms with Crippen LogP contribution in [0.1, 0.15) is 24.1 Å². The van der Waals surface area contributed by atoms with Gasteiger partial charge in [-0.15, -0.1) is 0 Å². The molecule has 2 N–H and O–H groups in total. The smallest absolute Gasteiger partial charge is 0.0502 e. The number of aromatic amines is 1. The Hall–Kier alpha value is -0.990. The first-order chi connectivity index (χ1) is 7.77. The molecule has 3 rings (SSSR count). The van der Waals surface area contributed by atoms with Crippen LogP contribution in [0.3, 0.4) is 0 Å². The molecule has 1 atom stereocenters.